The van der Waals surface area contributed by atoms with E-state index in [9.17, 15) is 19.1 Å². The van der Waals surface area contributed by atoms with Gasteiger partial charge in [0.2, 0.25) is 5.88 Å². The van der Waals surface area contributed by atoms with Crippen LogP contribution in [0.15, 0.2) is 30.6 Å². The van der Waals surface area contributed by atoms with Gasteiger partial charge in [0.05, 0.1) is 20.3 Å². The van der Waals surface area contributed by atoms with Gasteiger partial charge in [0, 0.05) is 52.3 Å². The summed E-state index contributed by atoms with van der Waals surface area (Å²) in [5.41, 5.74) is 1.19. The van der Waals surface area contributed by atoms with E-state index >= 15 is 0 Å². The summed E-state index contributed by atoms with van der Waals surface area (Å²) in [5.74, 6) is 0.114. The molecule has 2 aromatic heterocycles. The zero-order valence-corrected chi connectivity index (χ0v) is 16.3. The number of ether oxygens (including phenoxy) is 2. The topological polar surface area (TPSA) is 102 Å². The third-order valence-electron chi connectivity index (χ3n) is 5.06. The lowest BCUT2D eigenvalue weighted by atomic mass is 10.0. The van der Waals surface area contributed by atoms with Gasteiger partial charge >= 0.3 is 6.09 Å². The lowest BCUT2D eigenvalue weighted by molar-refractivity contribution is 0.101. The number of ketones is 1. The van der Waals surface area contributed by atoms with Crippen LogP contribution in [0, 0.1) is 5.82 Å². The van der Waals surface area contributed by atoms with Gasteiger partial charge in [-0.05, 0) is 19.1 Å². The summed E-state index contributed by atoms with van der Waals surface area (Å²) < 4.78 is 25.2. The predicted molar refractivity (Wildman–Crippen MR) is 106 cm³/mol. The van der Waals surface area contributed by atoms with Crippen LogP contribution < -0.4 is 14.4 Å². The molecular weight excluding hydrogens is 393 g/mol. The van der Waals surface area contributed by atoms with Crippen molar-refractivity contribution in [3.05, 3.63) is 53.1 Å². The number of aromatic nitrogens is 2. The van der Waals surface area contributed by atoms with E-state index in [1.807, 2.05) is 0 Å². The van der Waals surface area contributed by atoms with Gasteiger partial charge in [-0.1, -0.05) is 0 Å². The number of carbonyl (C=O) groups is 2. The van der Waals surface area contributed by atoms with Crippen molar-refractivity contribution in [3.8, 4) is 11.6 Å². The molecule has 0 saturated heterocycles. The van der Waals surface area contributed by atoms with E-state index in [-0.39, 0.29) is 29.6 Å². The molecule has 3 heterocycles. The van der Waals surface area contributed by atoms with E-state index in [1.54, 1.807) is 6.07 Å². The average molecular weight is 411 g/mol. The monoisotopic (exact) mass is 411 g/mol. The number of rotatable bonds is 5. The average Bonchev–Trinajstić information content (AvgIpc) is 3.20. The smallest absolute Gasteiger partial charge is 0.413 e. The van der Waals surface area contributed by atoms with Crippen molar-refractivity contribution < 1.29 is 28.6 Å². The number of nitrogens with zero attached hydrogens (tertiary/aromatic N) is 3. The number of Topliss-reactive ketones (excluding diaryl/α,β-unsaturated/α-hetero) is 1. The number of anilines is 1. The molecule has 3 aromatic rings. The molecule has 0 aliphatic carbocycles. The van der Waals surface area contributed by atoms with Gasteiger partial charge in [-0.3, -0.25) is 9.69 Å². The molecule has 1 aromatic carbocycles. The highest BCUT2D eigenvalue weighted by atomic mass is 19.1. The Labute approximate surface area is 170 Å². The number of amides is 1. The zero-order chi connectivity index (χ0) is 21.4. The molecule has 0 bridgehead atoms. The van der Waals surface area contributed by atoms with Gasteiger partial charge in [0.25, 0.3) is 0 Å². The molecule has 30 heavy (non-hydrogen) atoms. The minimum absolute atomic E-state index is 0.0496. The Morgan fingerprint density at radius 1 is 1.27 bits per heavy atom. The standard InChI is InChI=1S/C21H18FN3O5/c1-11(26)14-8-24-20(15-9-23-19(29-2)7-13(14)15)25(21(27)28)10-16-12-5-6-30-18(12)4-3-17(16)22/h3-4,7-9H,5-6,10H2,1-2H3,(H,27,28). The molecule has 0 radical (unpaired) electrons. The summed E-state index contributed by atoms with van der Waals surface area (Å²) in [6.07, 6.45) is 1.88. The number of pyridine rings is 2. The first kappa shape index (κ1) is 19.6. The van der Waals surface area contributed by atoms with E-state index in [4.69, 9.17) is 9.47 Å². The van der Waals surface area contributed by atoms with Crippen LogP contribution in [0.3, 0.4) is 0 Å². The van der Waals surface area contributed by atoms with Crippen molar-refractivity contribution in [2.75, 3.05) is 18.6 Å². The van der Waals surface area contributed by atoms with Gasteiger partial charge in [-0.25, -0.2) is 19.2 Å². The van der Waals surface area contributed by atoms with E-state index in [0.29, 0.717) is 40.7 Å². The van der Waals surface area contributed by atoms with Gasteiger partial charge in [0.1, 0.15) is 17.4 Å². The Bertz CT molecular complexity index is 1180. The van der Waals surface area contributed by atoms with Crippen LogP contribution in [0.2, 0.25) is 0 Å². The number of hydrogen-bond donors (Lipinski definition) is 1. The fourth-order valence-corrected chi connectivity index (χ4v) is 3.59. The van der Waals surface area contributed by atoms with Crippen molar-refractivity contribution in [1.82, 2.24) is 9.97 Å². The molecule has 9 heteroatoms. The molecule has 0 saturated carbocycles. The Morgan fingerprint density at radius 2 is 2.07 bits per heavy atom. The maximum absolute atomic E-state index is 14.6. The number of hydrogen-bond acceptors (Lipinski definition) is 6. The maximum atomic E-state index is 14.6. The summed E-state index contributed by atoms with van der Waals surface area (Å²) in [5, 5.41) is 10.7. The molecule has 0 unspecified atom stereocenters. The first-order valence-electron chi connectivity index (χ1n) is 9.18. The number of methoxy groups -OCH3 is 1. The van der Waals surface area contributed by atoms with Crippen LogP contribution in [-0.2, 0) is 13.0 Å². The summed E-state index contributed by atoms with van der Waals surface area (Å²) in [7, 11) is 1.44. The number of benzene rings is 1. The van der Waals surface area contributed by atoms with E-state index < -0.39 is 11.9 Å². The highest BCUT2D eigenvalue weighted by Gasteiger charge is 2.26. The maximum Gasteiger partial charge on any atom is 0.413 e. The van der Waals surface area contributed by atoms with Crippen molar-refractivity contribution in [1.29, 1.82) is 0 Å². The molecule has 154 valence electrons. The fourth-order valence-electron chi connectivity index (χ4n) is 3.59. The number of fused-ring (bicyclic) bond motifs is 2. The minimum Gasteiger partial charge on any atom is -0.493 e. The Morgan fingerprint density at radius 3 is 2.77 bits per heavy atom. The second-order valence-corrected chi connectivity index (χ2v) is 6.79. The van der Waals surface area contributed by atoms with E-state index in [1.165, 1.54) is 38.6 Å². The zero-order valence-electron chi connectivity index (χ0n) is 16.3. The first-order chi connectivity index (χ1) is 14.4. The lowest BCUT2D eigenvalue weighted by Gasteiger charge is -2.22. The van der Waals surface area contributed by atoms with Gasteiger partial charge in [-0.2, -0.15) is 0 Å². The molecular formula is C21H18FN3O5. The summed E-state index contributed by atoms with van der Waals surface area (Å²) >= 11 is 0. The highest BCUT2D eigenvalue weighted by molar-refractivity contribution is 6.10. The SMILES string of the molecule is COc1cc2c(C(C)=O)cnc(N(Cc3c(F)ccc4c3CCO4)C(=O)O)c2cn1. The number of carbonyl (C=O) groups excluding carboxylic acids is 1. The third kappa shape index (κ3) is 3.28. The normalized spacial score (nSPS) is 12.4. The molecule has 1 aliphatic heterocycles. The van der Waals surface area contributed by atoms with Gasteiger partial charge < -0.3 is 14.6 Å². The molecule has 0 fully saturated rings. The lowest BCUT2D eigenvalue weighted by Crippen LogP contribution is -2.30. The second kappa shape index (κ2) is 7.58. The molecule has 1 amide bonds. The van der Waals surface area contributed by atoms with Gasteiger partial charge in [0.15, 0.2) is 5.78 Å². The fraction of sp³-hybridized carbons (Fsp3) is 0.238. The molecule has 4 rings (SSSR count). The quantitative estimate of drug-likeness (QED) is 0.640. The van der Waals surface area contributed by atoms with Crippen LogP contribution in [0.5, 0.6) is 11.6 Å². The Hall–Kier alpha value is -3.75. The predicted octanol–water partition coefficient (Wildman–Crippen LogP) is 3.60. The van der Waals surface area contributed by atoms with Crippen LogP contribution in [0.1, 0.15) is 28.4 Å². The Kier molecular flexibility index (Phi) is 4.94. The molecule has 0 atom stereocenters. The Balaban J connectivity index is 1.87. The van der Waals surface area contributed by atoms with Crippen LogP contribution in [0.25, 0.3) is 10.8 Å². The summed E-state index contributed by atoms with van der Waals surface area (Å²) in [4.78, 5) is 33.4. The number of carboxylic acid groups (broad SMARTS) is 1. The second-order valence-electron chi connectivity index (χ2n) is 6.79. The molecule has 1 N–H and O–H groups in total. The van der Waals surface area contributed by atoms with Crippen molar-refractivity contribution in [3.63, 3.8) is 0 Å². The summed E-state index contributed by atoms with van der Waals surface area (Å²) in [6, 6.07) is 4.35. The number of halogens is 1. The van der Waals surface area contributed by atoms with Crippen LogP contribution in [-0.4, -0.2) is 40.7 Å². The van der Waals surface area contributed by atoms with Crippen LogP contribution in [0.4, 0.5) is 15.0 Å². The highest BCUT2D eigenvalue weighted by Crippen LogP contribution is 2.34. The molecule has 1 aliphatic rings. The minimum atomic E-state index is -1.31. The molecule has 8 nitrogen and oxygen atoms in total. The largest absolute Gasteiger partial charge is 0.493 e. The third-order valence-corrected chi connectivity index (χ3v) is 5.06. The van der Waals surface area contributed by atoms with E-state index in [2.05, 4.69) is 9.97 Å². The summed E-state index contributed by atoms with van der Waals surface area (Å²) in [6.45, 7) is 1.54. The van der Waals surface area contributed by atoms with Gasteiger partial charge in [-0.15, -0.1) is 0 Å². The van der Waals surface area contributed by atoms with Crippen molar-refractivity contribution in [2.45, 2.75) is 19.9 Å². The van der Waals surface area contributed by atoms with Crippen molar-refractivity contribution >= 4 is 28.5 Å². The van der Waals surface area contributed by atoms with Crippen LogP contribution >= 0.6 is 0 Å². The molecule has 0 spiro atoms. The van der Waals surface area contributed by atoms with Crippen molar-refractivity contribution in [2.24, 2.45) is 0 Å². The first-order valence-corrected chi connectivity index (χ1v) is 9.18. The van der Waals surface area contributed by atoms with E-state index in [0.717, 1.165) is 4.90 Å².